The van der Waals surface area contributed by atoms with Gasteiger partial charge in [-0.3, -0.25) is 0 Å². The van der Waals surface area contributed by atoms with Crippen LogP contribution in [0.4, 0.5) is 0 Å². The second kappa shape index (κ2) is 5.06. The highest BCUT2D eigenvalue weighted by atomic mass is 35.5. The minimum Gasteiger partial charge on any atom is -0.357 e. The van der Waals surface area contributed by atoms with Crippen molar-refractivity contribution in [1.82, 2.24) is 10.3 Å². The molecule has 4 rings (SSSR count). The topological polar surface area (TPSA) is 27.8 Å². The number of fused-ring (bicyclic) bond motifs is 3. The van der Waals surface area contributed by atoms with E-state index in [0.717, 1.165) is 46.2 Å². The average Bonchev–Trinajstić information content (AvgIpc) is 2.89. The Morgan fingerprint density at radius 1 is 0.905 bits per heavy atom. The largest absolute Gasteiger partial charge is 0.357 e. The number of halogens is 2. The van der Waals surface area contributed by atoms with Crippen LogP contribution in [-0.2, 0) is 13.0 Å². The zero-order valence-corrected chi connectivity index (χ0v) is 12.9. The molecule has 0 fully saturated rings. The normalized spacial score (nSPS) is 14.4. The van der Waals surface area contributed by atoms with E-state index in [1.54, 1.807) is 0 Å². The zero-order chi connectivity index (χ0) is 14.4. The Labute approximate surface area is 133 Å². The summed E-state index contributed by atoms with van der Waals surface area (Å²) in [5.74, 6) is 0. The van der Waals surface area contributed by atoms with E-state index in [-0.39, 0.29) is 0 Å². The van der Waals surface area contributed by atoms with Gasteiger partial charge in [0.15, 0.2) is 0 Å². The number of H-pyrrole nitrogens is 1. The van der Waals surface area contributed by atoms with Gasteiger partial charge in [0, 0.05) is 41.2 Å². The van der Waals surface area contributed by atoms with Gasteiger partial charge >= 0.3 is 0 Å². The monoisotopic (exact) mass is 316 g/mol. The molecular formula is C17H14Cl2N2. The highest BCUT2D eigenvalue weighted by Crippen LogP contribution is 2.39. The van der Waals surface area contributed by atoms with Crippen molar-refractivity contribution in [3.8, 4) is 11.1 Å². The van der Waals surface area contributed by atoms with Crippen LogP contribution < -0.4 is 5.32 Å². The van der Waals surface area contributed by atoms with Crippen LogP contribution in [0.15, 0.2) is 36.4 Å². The van der Waals surface area contributed by atoms with Gasteiger partial charge in [-0.2, -0.15) is 0 Å². The standard InChI is InChI=1S/C17H14Cl2N2/c18-13-4-2-1-3-10(13)11-5-6-14(19)17-16(11)12-9-20-8-7-15(12)21-17/h1-6,20-21H,7-9H2. The number of nitrogens with one attached hydrogen (secondary N) is 2. The third kappa shape index (κ3) is 2.06. The molecule has 0 aliphatic carbocycles. The molecule has 4 heteroatoms. The number of hydrogen-bond acceptors (Lipinski definition) is 1. The minimum atomic E-state index is 0.759. The first-order valence-electron chi connectivity index (χ1n) is 7.03. The Hall–Kier alpha value is -1.48. The van der Waals surface area contributed by atoms with E-state index in [1.807, 2.05) is 24.3 Å². The lowest BCUT2D eigenvalue weighted by Crippen LogP contribution is -2.22. The predicted molar refractivity (Wildman–Crippen MR) is 89.2 cm³/mol. The first kappa shape index (κ1) is 13.2. The molecule has 0 unspecified atom stereocenters. The van der Waals surface area contributed by atoms with Gasteiger partial charge < -0.3 is 10.3 Å². The van der Waals surface area contributed by atoms with Crippen LogP contribution in [0.25, 0.3) is 22.0 Å². The number of rotatable bonds is 1. The lowest BCUT2D eigenvalue weighted by molar-refractivity contribution is 0.641. The predicted octanol–water partition coefficient (Wildman–Crippen LogP) is 4.79. The van der Waals surface area contributed by atoms with Crippen LogP contribution in [0.3, 0.4) is 0 Å². The van der Waals surface area contributed by atoms with E-state index < -0.39 is 0 Å². The molecule has 0 spiro atoms. The maximum absolute atomic E-state index is 6.39. The van der Waals surface area contributed by atoms with Gasteiger partial charge in [0.05, 0.1) is 10.5 Å². The van der Waals surface area contributed by atoms with E-state index in [4.69, 9.17) is 23.2 Å². The summed E-state index contributed by atoms with van der Waals surface area (Å²) in [6.45, 7) is 1.87. The molecule has 3 aromatic rings. The molecule has 2 N–H and O–H groups in total. The van der Waals surface area contributed by atoms with Crippen molar-refractivity contribution in [2.24, 2.45) is 0 Å². The maximum atomic E-state index is 6.39. The summed E-state index contributed by atoms with van der Waals surface area (Å²) in [6.07, 6.45) is 1.00. The first-order valence-corrected chi connectivity index (χ1v) is 7.79. The Balaban J connectivity index is 2.08. The van der Waals surface area contributed by atoms with Gasteiger partial charge in [-0.05, 0) is 23.3 Å². The summed E-state index contributed by atoms with van der Waals surface area (Å²) >= 11 is 12.8. The molecular weight excluding hydrogens is 303 g/mol. The summed E-state index contributed by atoms with van der Waals surface area (Å²) in [7, 11) is 0. The van der Waals surface area contributed by atoms with E-state index in [2.05, 4.69) is 22.4 Å². The summed E-state index contributed by atoms with van der Waals surface area (Å²) in [5.41, 5.74) is 5.80. The van der Waals surface area contributed by atoms with Gasteiger partial charge in [0.2, 0.25) is 0 Å². The minimum absolute atomic E-state index is 0.759. The van der Waals surface area contributed by atoms with Gasteiger partial charge in [-0.1, -0.05) is 47.5 Å². The van der Waals surface area contributed by atoms with Crippen LogP contribution in [0.5, 0.6) is 0 Å². The summed E-state index contributed by atoms with van der Waals surface area (Å²) in [5, 5.41) is 6.15. The molecule has 1 aromatic heterocycles. The molecule has 2 heterocycles. The Bertz CT molecular complexity index is 836. The molecule has 0 amide bonds. The van der Waals surface area contributed by atoms with Crippen LogP contribution in [0, 0.1) is 0 Å². The Kier molecular flexibility index (Phi) is 3.18. The Morgan fingerprint density at radius 2 is 1.76 bits per heavy atom. The van der Waals surface area contributed by atoms with Crippen LogP contribution in [0.2, 0.25) is 10.0 Å². The molecule has 0 radical (unpaired) electrons. The lowest BCUT2D eigenvalue weighted by Gasteiger charge is -2.14. The molecule has 2 aromatic carbocycles. The fourth-order valence-corrected chi connectivity index (χ4v) is 3.57. The molecule has 0 saturated heterocycles. The van der Waals surface area contributed by atoms with E-state index >= 15 is 0 Å². The molecule has 106 valence electrons. The first-order chi connectivity index (χ1) is 10.3. The Morgan fingerprint density at radius 3 is 2.62 bits per heavy atom. The number of benzene rings is 2. The van der Waals surface area contributed by atoms with Crippen molar-refractivity contribution in [1.29, 1.82) is 0 Å². The zero-order valence-electron chi connectivity index (χ0n) is 11.3. The molecule has 2 nitrogen and oxygen atoms in total. The SMILES string of the molecule is Clc1ccccc1-c1ccc(Cl)c2[nH]c3c(c12)CNCC3. The molecule has 1 aliphatic heterocycles. The van der Waals surface area contributed by atoms with Crippen molar-refractivity contribution in [3.63, 3.8) is 0 Å². The maximum Gasteiger partial charge on any atom is 0.0655 e. The van der Waals surface area contributed by atoms with E-state index in [1.165, 1.54) is 16.6 Å². The lowest BCUT2D eigenvalue weighted by atomic mass is 9.97. The average molecular weight is 317 g/mol. The molecule has 0 atom stereocenters. The summed E-state index contributed by atoms with van der Waals surface area (Å²) < 4.78 is 0. The third-order valence-corrected chi connectivity index (χ3v) is 4.76. The second-order valence-corrected chi connectivity index (χ2v) is 6.15. The van der Waals surface area contributed by atoms with E-state index in [0.29, 0.717) is 0 Å². The highest BCUT2D eigenvalue weighted by molar-refractivity contribution is 6.36. The fourth-order valence-electron chi connectivity index (χ4n) is 3.13. The smallest absolute Gasteiger partial charge is 0.0655 e. The van der Waals surface area contributed by atoms with Gasteiger partial charge in [0.1, 0.15) is 0 Å². The van der Waals surface area contributed by atoms with Crippen molar-refractivity contribution >= 4 is 34.1 Å². The van der Waals surface area contributed by atoms with Gasteiger partial charge in [-0.25, -0.2) is 0 Å². The van der Waals surface area contributed by atoms with Crippen molar-refractivity contribution in [2.75, 3.05) is 6.54 Å². The summed E-state index contributed by atoms with van der Waals surface area (Å²) in [6, 6.07) is 12.0. The fraction of sp³-hybridized carbons (Fsp3) is 0.176. The van der Waals surface area contributed by atoms with Crippen molar-refractivity contribution in [3.05, 3.63) is 57.7 Å². The van der Waals surface area contributed by atoms with Crippen molar-refractivity contribution in [2.45, 2.75) is 13.0 Å². The van der Waals surface area contributed by atoms with Crippen LogP contribution in [0.1, 0.15) is 11.3 Å². The van der Waals surface area contributed by atoms with Crippen LogP contribution in [-0.4, -0.2) is 11.5 Å². The highest BCUT2D eigenvalue weighted by Gasteiger charge is 2.20. The molecule has 1 aliphatic rings. The number of hydrogen-bond donors (Lipinski definition) is 2. The van der Waals surface area contributed by atoms with Gasteiger partial charge in [-0.15, -0.1) is 0 Å². The van der Waals surface area contributed by atoms with Crippen LogP contribution >= 0.6 is 23.2 Å². The number of aromatic nitrogens is 1. The third-order valence-electron chi connectivity index (χ3n) is 4.11. The van der Waals surface area contributed by atoms with Gasteiger partial charge in [0.25, 0.3) is 0 Å². The number of aromatic amines is 1. The molecule has 0 saturated carbocycles. The second-order valence-electron chi connectivity index (χ2n) is 5.33. The van der Waals surface area contributed by atoms with E-state index in [9.17, 15) is 0 Å². The molecule has 21 heavy (non-hydrogen) atoms. The quantitative estimate of drug-likeness (QED) is 0.664. The molecule has 0 bridgehead atoms. The van der Waals surface area contributed by atoms with Crippen molar-refractivity contribution < 1.29 is 0 Å². The summed E-state index contributed by atoms with van der Waals surface area (Å²) in [4.78, 5) is 3.50.